The van der Waals surface area contributed by atoms with E-state index in [0.29, 0.717) is 0 Å². The molecule has 1 aromatic carbocycles. The van der Waals surface area contributed by atoms with Gasteiger partial charge in [-0.3, -0.25) is 19.2 Å². The Bertz CT molecular complexity index is 1960. The van der Waals surface area contributed by atoms with E-state index in [1.807, 2.05) is 58.0 Å². The summed E-state index contributed by atoms with van der Waals surface area (Å²) in [5.74, 6) is -5.35. The molecule has 0 radical (unpaired) electrons. The first kappa shape index (κ1) is 49.6. The highest BCUT2D eigenvalue weighted by Gasteiger charge is 2.74. The highest BCUT2D eigenvalue weighted by molar-refractivity contribution is 5.93. The normalized spacial score (nSPS) is 25.6. The summed E-state index contributed by atoms with van der Waals surface area (Å²) in [7, 11) is 1.21. The molecule has 2 aliphatic carbocycles. The molecule has 4 unspecified atom stereocenters. The van der Waals surface area contributed by atoms with Crippen LogP contribution < -0.4 is 10.6 Å². The van der Waals surface area contributed by atoms with E-state index >= 15 is 0 Å². The van der Waals surface area contributed by atoms with Crippen LogP contribution in [0.3, 0.4) is 0 Å². The van der Waals surface area contributed by atoms with Gasteiger partial charge in [0, 0.05) is 43.7 Å². The quantitative estimate of drug-likeness (QED) is 0.143. The minimum Gasteiger partial charge on any atom is -0.481 e. The van der Waals surface area contributed by atoms with Gasteiger partial charge in [0.05, 0.1) is 13.7 Å². The van der Waals surface area contributed by atoms with E-state index < -0.39 is 101 Å². The molecule has 0 aromatic heterocycles. The number of nitrogens with zero attached hydrogens (tertiary/aromatic N) is 2. The number of benzene rings is 1. The summed E-state index contributed by atoms with van der Waals surface area (Å²) in [5.41, 5.74) is -1.77. The standard InChI is InChI=1S/C46H66N4O14/c1-43(2,3)63-41(58)47-27(18-20-31(53)62-24-25-15-13-12-14-16-25)37(54)49-23-26-32(45(26,7)8)35(49)40(57)61-22-21-29-33-34(46(33,9)10)36(39(56)60-11)50(29)38(55)28(17-19-30(51)52)48-42(59)64-44(4,5)6/h12-16,26-29,32-36H,17-24H2,1-11H3,(H,47,58)(H,48,59)(H,51,52)/t26?,27-,28-,29?,32-,33?,34?,35-,36-/m0/s1. The Balaban J connectivity index is 1.33. The van der Waals surface area contributed by atoms with Crippen LogP contribution in [-0.2, 0) is 59.1 Å². The molecule has 2 heterocycles. The van der Waals surface area contributed by atoms with Gasteiger partial charge in [0.25, 0.3) is 0 Å². The first-order valence-corrected chi connectivity index (χ1v) is 22.0. The molecule has 18 heteroatoms. The number of amides is 4. The number of carboxylic acid groups (broad SMARTS) is 1. The van der Waals surface area contributed by atoms with E-state index in [9.17, 15) is 43.5 Å². The van der Waals surface area contributed by atoms with Gasteiger partial charge in [-0.2, -0.15) is 0 Å². The summed E-state index contributed by atoms with van der Waals surface area (Å²) < 4.78 is 27.4. The van der Waals surface area contributed by atoms with E-state index in [4.69, 9.17) is 23.7 Å². The van der Waals surface area contributed by atoms with Gasteiger partial charge < -0.3 is 49.2 Å². The molecule has 5 rings (SSSR count). The number of hydrogen-bond acceptors (Lipinski definition) is 13. The van der Waals surface area contributed by atoms with Crippen molar-refractivity contribution in [1.29, 1.82) is 0 Å². The molecule has 354 valence electrons. The number of esters is 3. The predicted octanol–water partition coefficient (Wildman–Crippen LogP) is 4.60. The summed E-state index contributed by atoms with van der Waals surface area (Å²) in [6.45, 7) is 17.9. The fourth-order valence-electron chi connectivity index (χ4n) is 9.89. The zero-order valence-electron chi connectivity index (χ0n) is 38.9. The topological polar surface area (TPSA) is 233 Å². The molecule has 0 bridgehead atoms. The highest BCUT2D eigenvalue weighted by Crippen LogP contribution is 2.68. The van der Waals surface area contributed by atoms with Crippen LogP contribution in [0, 0.1) is 34.5 Å². The van der Waals surface area contributed by atoms with Gasteiger partial charge >= 0.3 is 36.1 Å². The van der Waals surface area contributed by atoms with Gasteiger partial charge in [0.15, 0.2) is 0 Å². The average Bonchev–Trinajstić information content (AvgIpc) is 3.68. The van der Waals surface area contributed by atoms with Gasteiger partial charge in [0.2, 0.25) is 11.8 Å². The van der Waals surface area contributed by atoms with Crippen LogP contribution in [-0.4, -0.2) is 124 Å². The molecular weight excluding hydrogens is 833 g/mol. The lowest BCUT2D eigenvalue weighted by Crippen LogP contribution is -2.57. The number of hydrogen-bond donors (Lipinski definition) is 3. The molecule has 2 saturated carbocycles. The minimum absolute atomic E-state index is 0.0273. The van der Waals surface area contributed by atoms with Crippen LogP contribution in [0.5, 0.6) is 0 Å². The zero-order valence-corrected chi connectivity index (χ0v) is 38.9. The van der Waals surface area contributed by atoms with Crippen molar-refractivity contribution < 1.29 is 67.1 Å². The molecule has 4 aliphatic rings. The van der Waals surface area contributed by atoms with Crippen molar-refractivity contribution in [1.82, 2.24) is 20.4 Å². The van der Waals surface area contributed by atoms with Crippen molar-refractivity contribution in [3.8, 4) is 0 Å². The molecule has 64 heavy (non-hydrogen) atoms. The number of piperidine rings is 2. The Kier molecular flexibility index (Phi) is 14.7. The smallest absolute Gasteiger partial charge is 0.408 e. The Morgan fingerprint density at radius 2 is 1.30 bits per heavy atom. The first-order valence-electron chi connectivity index (χ1n) is 22.0. The van der Waals surface area contributed by atoms with E-state index in [2.05, 4.69) is 10.6 Å². The fraction of sp³-hybridized carbons (Fsp3) is 0.696. The average molecular weight is 899 g/mol. The Labute approximate surface area is 374 Å². The molecular formula is C46H66N4O14. The Hall–Kier alpha value is -5.42. The van der Waals surface area contributed by atoms with Crippen LogP contribution in [0.4, 0.5) is 9.59 Å². The number of nitrogens with one attached hydrogen (secondary N) is 2. The van der Waals surface area contributed by atoms with E-state index in [-0.39, 0.29) is 74.5 Å². The number of fused-ring (bicyclic) bond motifs is 2. The maximum Gasteiger partial charge on any atom is 0.408 e. The van der Waals surface area contributed by atoms with Crippen LogP contribution in [0.2, 0.25) is 0 Å². The molecule has 2 saturated heterocycles. The molecule has 0 spiro atoms. The molecule has 4 fully saturated rings. The highest BCUT2D eigenvalue weighted by atomic mass is 16.6. The SMILES string of the molecule is COC(=O)[C@@H]1C2C(C(CCOC(=O)[C@@H]3[C@@H]4C(CN3C(=O)[C@H](CCC(=O)OCc3ccccc3)NC(=O)OC(C)(C)C)C4(C)C)N1C(=O)[C@H](CCC(=O)O)NC(=O)OC(C)(C)C)C2(C)C. The van der Waals surface area contributed by atoms with Gasteiger partial charge in [0.1, 0.15) is 42.0 Å². The third-order valence-electron chi connectivity index (χ3n) is 13.0. The van der Waals surface area contributed by atoms with E-state index in [1.165, 1.54) is 16.9 Å². The lowest BCUT2D eigenvalue weighted by atomic mass is 9.95. The summed E-state index contributed by atoms with van der Waals surface area (Å²) in [5, 5.41) is 14.6. The monoisotopic (exact) mass is 898 g/mol. The summed E-state index contributed by atoms with van der Waals surface area (Å²) >= 11 is 0. The van der Waals surface area contributed by atoms with Gasteiger partial charge in [-0.05, 0) is 82.6 Å². The number of aliphatic carboxylic acids is 1. The van der Waals surface area contributed by atoms with Gasteiger partial charge in [-0.25, -0.2) is 19.2 Å². The van der Waals surface area contributed by atoms with Crippen molar-refractivity contribution in [2.75, 3.05) is 20.3 Å². The molecule has 3 N–H and O–H groups in total. The van der Waals surface area contributed by atoms with E-state index in [1.54, 1.807) is 41.5 Å². The maximum atomic E-state index is 14.5. The molecule has 9 atom stereocenters. The van der Waals surface area contributed by atoms with Crippen molar-refractivity contribution in [3.05, 3.63) is 35.9 Å². The number of carboxylic acids is 1. The predicted molar refractivity (Wildman–Crippen MR) is 228 cm³/mol. The molecule has 1 aromatic rings. The lowest BCUT2D eigenvalue weighted by Gasteiger charge is -2.37. The first-order chi connectivity index (χ1) is 29.7. The summed E-state index contributed by atoms with van der Waals surface area (Å²) in [6, 6.07) is 3.68. The van der Waals surface area contributed by atoms with Gasteiger partial charge in [-0.15, -0.1) is 0 Å². The number of rotatable bonds is 17. The summed E-state index contributed by atoms with van der Waals surface area (Å²) in [6.07, 6.45) is -2.85. The number of carbonyl (C=O) groups is 8. The van der Waals surface area contributed by atoms with Crippen LogP contribution in [0.1, 0.15) is 107 Å². The lowest BCUT2D eigenvalue weighted by molar-refractivity contribution is -0.158. The second-order valence-electron chi connectivity index (χ2n) is 20.5. The number of ether oxygens (including phenoxy) is 5. The van der Waals surface area contributed by atoms with Crippen LogP contribution in [0.25, 0.3) is 0 Å². The van der Waals surface area contributed by atoms with Crippen LogP contribution >= 0.6 is 0 Å². The number of alkyl carbamates (subject to hydrolysis) is 2. The second-order valence-corrected chi connectivity index (χ2v) is 20.5. The Morgan fingerprint density at radius 1 is 0.734 bits per heavy atom. The van der Waals surface area contributed by atoms with Crippen molar-refractivity contribution in [2.45, 2.75) is 149 Å². The zero-order chi connectivity index (χ0) is 47.7. The van der Waals surface area contributed by atoms with Crippen molar-refractivity contribution in [2.24, 2.45) is 34.5 Å². The minimum atomic E-state index is -1.37. The summed E-state index contributed by atoms with van der Waals surface area (Å²) in [4.78, 5) is 110. The fourth-order valence-corrected chi connectivity index (χ4v) is 9.89. The Morgan fingerprint density at radius 3 is 1.84 bits per heavy atom. The maximum absolute atomic E-state index is 14.5. The molecule has 18 nitrogen and oxygen atoms in total. The van der Waals surface area contributed by atoms with E-state index in [0.717, 1.165) is 5.56 Å². The second kappa shape index (κ2) is 19.0. The third-order valence-corrected chi connectivity index (χ3v) is 13.0. The van der Waals surface area contributed by atoms with Gasteiger partial charge in [-0.1, -0.05) is 58.0 Å². The van der Waals surface area contributed by atoms with Crippen molar-refractivity contribution >= 4 is 47.9 Å². The van der Waals surface area contributed by atoms with Crippen LogP contribution in [0.15, 0.2) is 30.3 Å². The largest absolute Gasteiger partial charge is 0.481 e. The number of methoxy groups -OCH3 is 1. The number of likely N-dealkylation sites (tertiary alicyclic amines) is 2. The van der Waals surface area contributed by atoms with Crippen molar-refractivity contribution in [3.63, 3.8) is 0 Å². The third kappa shape index (κ3) is 11.4. The molecule has 2 aliphatic heterocycles. The number of carbonyl (C=O) groups excluding carboxylic acids is 7. The molecule has 4 amide bonds.